The van der Waals surface area contributed by atoms with Gasteiger partial charge in [-0.25, -0.2) is 4.98 Å². The molecule has 4 aromatic rings. The third kappa shape index (κ3) is 5.92. The number of halogens is 1. The van der Waals surface area contributed by atoms with Crippen LogP contribution in [-0.2, 0) is 0 Å². The van der Waals surface area contributed by atoms with E-state index in [-0.39, 0.29) is 5.13 Å². The lowest BCUT2D eigenvalue weighted by Crippen LogP contribution is -2.15. The van der Waals surface area contributed by atoms with Crippen molar-refractivity contribution in [1.29, 1.82) is 0 Å². The van der Waals surface area contributed by atoms with Gasteiger partial charge in [0.2, 0.25) is 5.13 Å². The lowest BCUT2D eigenvalue weighted by Gasteiger charge is -2.13. The van der Waals surface area contributed by atoms with Crippen LogP contribution >= 0.6 is 22.7 Å². The summed E-state index contributed by atoms with van der Waals surface area (Å²) in [7, 11) is 0. The molecule has 0 amide bonds. The van der Waals surface area contributed by atoms with Crippen LogP contribution in [0.25, 0.3) is 0 Å². The minimum atomic E-state index is -0.392. The average molecular weight is 519 g/mol. The second-order valence-electron chi connectivity index (χ2n) is 8.29. The third-order valence-electron chi connectivity index (χ3n) is 5.60. The first-order valence-electron chi connectivity index (χ1n) is 11.5. The summed E-state index contributed by atoms with van der Waals surface area (Å²) < 4.78 is 13.0. The first-order valence-corrected chi connectivity index (χ1v) is 13.1. The molecule has 1 aliphatic heterocycles. The molecule has 0 atom stereocenters. The summed E-state index contributed by atoms with van der Waals surface area (Å²) in [5.74, 6) is 0. The lowest BCUT2D eigenvalue weighted by molar-refractivity contribution is 0.653. The smallest absolute Gasteiger partial charge is 0.232 e. The Morgan fingerprint density at radius 1 is 0.750 bits per heavy atom. The van der Waals surface area contributed by atoms with E-state index >= 15 is 0 Å². The Kier molecular flexibility index (Phi) is 7.28. The molecule has 2 aromatic carbocycles. The van der Waals surface area contributed by atoms with Crippen molar-refractivity contribution in [3.63, 3.8) is 0 Å². The van der Waals surface area contributed by atoms with Crippen molar-refractivity contribution >= 4 is 60.6 Å². The molecule has 1 saturated heterocycles. The van der Waals surface area contributed by atoms with Crippen molar-refractivity contribution < 1.29 is 4.39 Å². The Balaban J connectivity index is 1.23. The van der Waals surface area contributed by atoms with Gasteiger partial charge in [-0.15, -0.1) is 20.5 Å². The van der Waals surface area contributed by atoms with Gasteiger partial charge in [0.15, 0.2) is 5.13 Å². The quantitative estimate of drug-likeness (QED) is 0.228. The zero-order valence-corrected chi connectivity index (χ0v) is 21.4. The van der Waals surface area contributed by atoms with Crippen LogP contribution in [-0.4, -0.2) is 18.1 Å². The summed E-state index contributed by atoms with van der Waals surface area (Å²) in [5, 5.41) is 27.7. The highest BCUT2D eigenvalue weighted by molar-refractivity contribution is 7.19. The first-order chi connectivity index (χ1) is 17.5. The lowest BCUT2D eigenvalue weighted by atomic mass is 10.2. The monoisotopic (exact) mass is 518 g/mol. The molecule has 182 valence electrons. The van der Waals surface area contributed by atoms with Gasteiger partial charge in [-0.05, 0) is 86.3 Å². The maximum absolute atomic E-state index is 13.0. The molecule has 0 aliphatic carbocycles. The maximum atomic E-state index is 13.0. The molecule has 36 heavy (non-hydrogen) atoms. The van der Waals surface area contributed by atoms with Crippen molar-refractivity contribution in [2.75, 3.05) is 18.0 Å². The van der Waals surface area contributed by atoms with Crippen LogP contribution in [0.5, 0.6) is 0 Å². The minimum Gasteiger partial charge on any atom is -0.363 e. The summed E-state index contributed by atoms with van der Waals surface area (Å²) in [5.41, 5.74) is 4.72. The number of benzene rings is 2. The zero-order chi connectivity index (χ0) is 24.9. The number of anilines is 1. The Morgan fingerprint density at radius 2 is 1.39 bits per heavy atom. The average Bonchev–Trinajstić information content (AvgIpc) is 3.64. The molecule has 5 rings (SSSR count). The van der Waals surface area contributed by atoms with E-state index in [9.17, 15) is 4.39 Å². The van der Waals surface area contributed by atoms with Crippen molar-refractivity contribution in [2.24, 2.45) is 30.7 Å². The highest BCUT2D eigenvalue weighted by Gasteiger charge is 2.14. The van der Waals surface area contributed by atoms with Crippen molar-refractivity contribution in [1.82, 2.24) is 4.98 Å². The van der Waals surface area contributed by atoms with E-state index in [1.54, 1.807) is 17.4 Å². The number of azo groups is 3. The van der Waals surface area contributed by atoms with Gasteiger partial charge < -0.3 is 4.90 Å². The minimum absolute atomic E-state index is 0.274. The van der Waals surface area contributed by atoms with Gasteiger partial charge in [0.1, 0.15) is 5.00 Å². The number of rotatable bonds is 7. The van der Waals surface area contributed by atoms with E-state index < -0.39 is 5.13 Å². The third-order valence-corrected chi connectivity index (χ3v) is 7.30. The Morgan fingerprint density at radius 3 is 2.00 bits per heavy atom. The molecule has 11 heteroatoms. The van der Waals surface area contributed by atoms with Crippen LogP contribution in [0.3, 0.4) is 0 Å². The van der Waals surface area contributed by atoms with E-state index in [2.05, 4.69) is 46.6 Å². The molecular weight excluding hydrogens is 495 g/mol. The summed E-state index contributed by atoms with van der Waals surface area (Å²) in [6, 6.07) is 15.3. The van der Waals surface area contributed by atoms with Gasteiger partial charge >= 0.3 is 0 Å². The molecule has 3 heterocycles. The molecule has 0 unspecified atom stereocenters. The van der Waals surface area contributed by atoms with Gasteiger partial charge in [-0.3, -0.25) is 0 Å². The Labute approximate surface area is 216 Å². The number of nitrogens with zero attached hydrogens (tertiary/aromatic N) is 8. The number of aromatic nitrogens is 1. The van der Waals surface area contributed by atoms with E-state index in [0.29, 0.717) is 11.4 Å². The fraction of sp³-hybridized carbons (Fsp3) is 0.240. The standard InChI is InChI=1S/C25H23FN8S2/c1-16-14-19(29-32-23-9-10-24(36-23)34-11-3-4-12-34)6-7-20(16)30-28-18-5-8-21(17(2)13-18)31-33-25-27-15-22(26)35-25/h5-10,13-15H,3-4,11-12H2,1-2H3. The van der Waals surface area contributed by atoms with E-state index in [4.69, 9.17) is 0 Å². The maximum Gasteiger partial charge on any atom is 0.232 e. The highest BCUT2D eigenvalue weighted by Crippen LogP contribution is 2.35. The van der Waals surface area contributed by atoms with Gasteiger partial charge in [-0.1, -0.05) is 22.7 Å². The van der Waals surface area contributed by atoms with Gasteiger partial charge in [0.25, 0.3) is 0 Å². The highest BCUT2D eigenvalue weighted by atomic mass is 32.1. The second-order valence-corrected chi connectivity index (χ2v) is 10.3. The molecule has 0 N–H and O–H groups in total. The van der Waals surface area contributed by atoms with Crippen molar-refractivity contribution in [3.8, 4) is 0 Å². The number of thiophene rings is 1. The summed E-state index contributed by atoms with van der Waals surface area (Å²) in [6.07, 6.45) is 3.64. The SMILES string of the molecule is Cc1cc(N=Nc2ccc(N3CCCC3)s2)ccc1N=Nc1ccc(N=Nc2ncc(F)s2)c(C)c1. The molecular formula is C25H23FN8S2. The van der Waals surface area contributed by atoms with E-state index in [1.807, 2.05) is 50.2 Å². The summed E-state index contributed by atoms with van der Waals surface area (Å²) >= 11 is 2.51. The van der Waals surface area contributed by atoms with Crippen LogP contribution in [0.2, 0.25) is 0 Å². The largest absolute Gasteiger partial charge is 0.363 e. The molecule has 8 nitrogen and oxygen atoms in total. The van der Waals surface area contributed by atoms with Gasteiger partial charge in [0, 0.05) is 13.1 Å². The number of hydrogen-bond acceptors (Lipinski definition) is 10. The molecule has 0 spiro atoms. The molecule has 0 bridgehead atoms. The van der Waals surface area contributed by atoms with Crippen molar-refractivity contribution in [3.05, 3.63) is 71.0 Å². The second kappa shape index (κ2) is 10.9. The van der Waals surface area contributed by atoms with Gasteiger partial charge in [0.05, 0.1) is 33.9 Å². The van der Waals surface area contributed by atoms with E-state index in [1.165, 1.54) is 17.8 Å². The fourth-order valence-electron chi connectivity index (χ4n) is 3.71. The number of hydrogen-bond donors (Lipinski definition) is 0. The molecule has 0 saturated carbocycles. The van der Waals surface area contributed by atoms with Crippen LogP contribution in [0, 0.1) is 19.0 Å². The summed E-state index contributed by atoms with van der Waals surface area (Å²) in [4.78, 5) is 6.23. The molecule has 1 aliphatic rings. The normalized spacial score (nSPS) is 14.2. The fourth-order valence-corrected chi connectivity index (χ4v) is 5.06. The predicted octanol–water partition coefficient (Wildman–Crippen LogP) is 9.81. The molecule has 0 radical (unpaired) electrons. The zero-order valence-electron chi connectivity index (χ0n) is 19.8. The topological polar surface area (TPSA) is 90.3 Å². The van der Waals surface area contributed by atoms with Crippen LogP contribution in [0.1, 0.15) is 24.0 Å². The first kappa shape index (κ1) is 24.0. The summed E-state index contributed by atoms with van der Waals surface area (Å²) in [6.45, 7) is 6.12. The molecule has 2 aromatic heterocycles. The predicted molar refractivity (Wildman–Crippen MR) is 143 cm³/mol. The number of thiazole rings is 1. The van der Waals surface area contributed by atoms with E-state index in [0.717, 1.165) is 58.1 Å². The van der Waals surface area contributed by atoms with Gasteiger partial charge in [-0.2, -0.15) is 14.6 Å². The molecule has 1 fully saturated rings. The number of aryl methyl sites for hydroxylation is 2. The van der Waals surface area contributed by atoms with Crippen LogP contribution in [0.15, 0.2) is 85.4 Å². The Hall–Kier alpha value is -3.70. The Bertz CT molecular complexity index is 1450. The van der Waals surface area contributed by atoms with Crippen molar-refractivity contribution in [2.45, 2.75) is 26.7 Å². The van der Waals surface area contributed by atoms with Crippen LogP contribution < -0.4 is 4.90 Å². The van der Waals surface area contributed by atoms with Crippen LogP contribution in [0.4, 0.5) is 42.3 Å².